The number of rotatable bonds is 3. The number of nitrogen functional groups attached to an aromatic ring is 1. The fraction of sp³-hybridized carbons (Fsp3) is 0.111. The maximum Gasteiger partial charge on any atom is 0.124 e. The second-order valence-corrected chi connectivity index (χ2v) is 4.90. The van der Waals surface area contributed by atoms with Gasteiger partial charge >= 0.3 is 0 Å². The smallest absolute Gasteiger partial charge is 0.124 e. The normalized spacial score (nSPS) is 10.7. The van der Waals surface area contributed by atoms with Gasteiger partial charge < -0.3 is 10.5 Å². The van der Waals surface area contributed by atoms with Crippen LogP contribution in [0.3, 0.4) is 0 Å². The predicted molar refractivity (Wildman–Crippen MR) is 83.9 cm³/mol. The molecule has 3 aromatic rings. The van der Waals surface area contributed by atoms with E-state index >= 15 is 0 Å². The zero-order valence-electron chi connectivity index (χ0n) is 11.5. The van der Waals surface area contributed by atoms with E-state index in [9.17, 15) is 0 Å². The van der Waals surface area contributed by atoms with Crippen LogP contribution in [-0.4, -0.2) is 0 Å². The minimum Gasteiger partial charge on any atom is -0.489 e. The van der Waals surface area contributed by atoms with Crippen molar-refractivity contribution in [1.29, 1.82) is 0 Å². The van der Waals surface area contributed by atoms with Gasteiger partial charge in [-0.3, -0.25) is 0 Å². The predicted octanol–water partition coefficient (Wildman–Crippen LogP) is 4.31. The average Bonchev–Trinajstić information content (AvgIpc) is 2.49. The van der Waals surface area contributed by atoms with E-state index in [2.05, 4.69) is 42.5 Å². The summed E-state index contributed by atoms with van der Waals surface area (Å²) < 4.78 is 5.93. The summed E-state index contributed by atoms with van der Waals surface area (Å²) in [4.78, 5) is 0. The van der Waals surface area contributed by atoms with Crippen LogP contribution in [-0.2, 0) is 6.61 Å². The van der Waals surface area contributed by atoms with Crippen LogP contribution in [0.1, 0.15) is 11.1 Å². The van der Waals surface area contributed by atoms with Crippen molar-refractivity contribution in [1.82, 2.24) is 0 Å². The summed E-state index contributed by atoms with van der Waals surface area (Å²) in [6.07, 6.45) is 0. The van der Waals surface area contributed by atoms with Crippen molar-refractivity contribution in [2.45, 2.75) is 13.5 Å². The van der Waals surface area contributed by atoms with Gasteiger partial charge in [0, 0.05) is 11.3 Å². The number of anilines is 1. The van der Waals surface area contributed by atoms with E-state index in [-0.39, 0.29) is 0 Å². The van der Waals surface area contributed by atoms with E-state index in [1.165, 1.54) is 16.3 Å². The van der Waals surface area contributed by atoms with Gasteiger partial charge in [-0.15, -0.1) is 0 Å². The molecule has 2 heteroatoms. The first-order valence-electron chi connectivity index (χ1n) is 6.70. The van der Waals surface area contributed by atoms with Crippen molar-refractivity contribution >= 4 is 16.5 Å². The van der Waals surface area contributed by atoms with E-state index in [1.54, 1.807) is 0 Å². The standard InChI is InChI=1S/C18H17NO/c1-13-17(19)10-5-11-18(13)20-12-15-8-4-7-14-6-2-3-9-16(14)15/h2-11H,12,19H2,1H3. The zero-order chi connectivity index (χ0) is 13.9. The Balaban J connectivity index is 1.89. The number of benzene rings is 3. The first kappa shape index (κ1) is 12.5. The summed E-state index contributed by atoms with van der Waals surface area (Å²) in [5, 5.41) is 2.47. The van der Waals surface area contributed by atoms with Crippen LogP contribution >= 0.6 is 0 Å². The van der Waals surface area contributed by atoms with Crippen molar-refractivity contribution < 1.29 is 4.74 Å². The molecule has 0 spiro atoms. The molecule has 0 bridgehead atoms. The van der Waals surface area contributed by atoms with E-state index in [1.807, 2.05) is 25.1 Å². The Morgan fingerprint density at radius 2 is 1.65 bits per heavy atom. The molecule has 0 aromatic heterocycles. The molecule has 0 saturated heterocycles. The highest BCUT2D eigenvalue weighted by Gasteiger charge is 2.04. The molecule has 20 heavy (non-hydrogen) atoms. The first-order chi connectivity index (χ1) is 9.75. The highest BCUT2D eigenvalue weighted by Crippen LogP contribution is 2.25. The largest absolute Gasteiger partial charge is 0.489 e. The summed E-state index contributed by atoms with van der Waals surface area (Å²) in [5.74, 6) is 0.845. The maximum absolute atomic E-state index is 5.93. The van der Waals surface area contributed by atoms with E-state index < -0.39 is 0 Å². The molecule has 0 unspecified atom stereocenters. The molecule has 0 radical (unpaired) electrons. The van der Waals surface area contributed by atoms with E-state index in [0.717, 1.165) is 17.0 Å². The van der Waals surface area contributed by atoms with Crippen LogP contribution in [0.2, 0.25) is 0 Å². The molecule has 100 valence electrons. The highest BCUT2D eigenvalue weighted by molar-refractivity contribution is 5.85. The number of nitrogens with two attached hydrogens (primary N) is 1. The number of hydrogen-bond donors (Lipinski definition) is 1. The second-order valence-electron chi connectivity index (χ2n) is 4.90. The van der Waals surface area contributed by atoms with Gasteiger partial charge in [-0.1, -0.05) is 48.5 Å². The van der Waals surface area contributed by atoms with Gasteiger partial charge in [-0.25, -0.2) is 0 Å². The van der Waals surface area contributed by atoms with Crippen molar-refractivity contribution in [3.8, 4) is 5.75 Å². The summed E-state index contributed by atoms with van der Waals surface area (Å²) in [6, 6.07) is 20.4. The Bertz CT molecular complexity index is 744. The quantitative estimate of drug-likeness (QED) is 0.715. The van der Waals surface area contributed by atoms with Crippen LogP contribution in [0.5, 0.6) is 5.75 Å². The SMILES string of the molecule is Cc1c(N)cccc1OCc1cccc2ccccc12. The van der Waals surface area contributed by atoms with Crippen LogP contribution in [0, 0.1) is 6.92 Å². The van der Waals surface area contributed by atoms with Crippen molar-refractivity contribution in [2.75, 3.05) is 5.73 Å². The summed E-state index contributed by atoms with van der Waals surface area (Å²) in [7, 11) is 0. The minimum absolute atomic E-state index is 0.547. The van der Waals surface area contributed by atoms with Crippen molar-refractivity contribution in [3.05, 3.63) is 71.8 Å². The van der Waals surface area contributed by atoms with Gasteiger partial charge in [0.1, 0.15) is 12.4 Å². The Morgan fingerprint density at radius 3 is 2.55 bits per heavy atom. The molecular weight excluding hydrogens is 246 g/mol. The Labute approximate surface area is 118 Å². The lowest BCUT2D eigenvalue weighted by molar-refractivity contribution is 0.306. The molecule has 0 amide bonds. The number of hydrogen-bond acceptors (Lipinski definition) is 2. The second kappa shape index (κ2) is 5.25. The third-order valence-corrected chi connectivity index (χ3v) is 3.59. The minimum atomic E-state index is 0.547. The molecule has 3 aromatic carbocycles. The van der Waals surface area contributed by atoms with Gasteiger partial charge in [-0.2, -0.15) is 0 Å². The third kappa shape index (κ3) is 2.32. The summed E-state index contributed by atoms with van der Waals surface area (Å²) >= 11 is 0. The molecule has 0 heterocycles. The van der Waals surface area contributed by atoms with Crippen LogP contribution in [0.4, 0.5) is 5.69 Å². The van der Waals surface area contributed by atoms with Gasteiger partial charge in [0.05, 0.1) is 0 Å². The number of fused-ring (bicyclic) bond motifs is 1. The molecule has 2 nitrogen and oxygen atoms in total. The lowest BCUT2D eigenvalue weighted by Gasteiger charge is -2.12. The fourth-order valence-electron chi connectivity index (χ4n) is 2.36. The highest BCUT2D eigenvalue weighted by atomic mass is 16.5. The van der Waals surface area contributed by atoms with Crippen LogP contribution in [0.25, 0.3) is 10.8 Å². The molecule has 0 saturated carbocycles. The van der Waals surface area contributed by atoms with Crippen LogP contribution in [0.15, 0.2) is 60.7 Å². The topological polar surface area (TPSA) is 35.2 Å². The monoisotopic (exact) mass is 263 g/mol. The molecule has 0 atom stereocenters. The zero-order valence-corrected chi connectivity index (χ0v) is 11.5. The lowest BCUT2D eigenvalue weighted by atomic mass is 10.1. The third-order valence-electron chi connectivity index (χ3n) is 3.59. The maximum atomic E-state index is 5.93. The molecule has 0 fully saturated rings. The molecule has 0 aliphatic rings. The van der Waals surface area contributed by atoms with Gasteiger partial charge in [-0.05, 0) is 35.4 Å². The molecule has 2 N–H and O–H groups in total. The van der Waals surface area contributed by atoms with Crippen molar-refractivity contribution in [2.24, 2.45) is 0 Å². The number of ether oxygens (including phenoxy) is 1. The molecule has 3 rings (SSSR count). The Morgan fingerprint density at radius 1 is 0.900 bits per heavy atom. The van der Waals surface area contributed by atoms with E-state index in [4.69, 9.17) is 10.5 Å². The average molecular weight is 263 g/mol. The van der Waals surface area contributed by atoms with Crippen molar-refractivity contribution in [3.63, 3.8) is 0 Å². The molecule has 0 aliphatic heterocycles. The van der Waals surface area contributed by atoms with Crippen LogP contribution < -0.4 is 10.5 Å². The van der Waals surface area contributed by atoms with E-state index in [0.29, 0.717) is 6.61 Å². The first-order valence-corrected chi connectivity index (χ1v) is 6.70. The summed E-state index contributed by atoms with van der Waals surface area (Å²) in [6.45, 7) is 2.53. The van der Waals surface area contributed by atoms with Gasteiger partial charge in [0.15, 0.2) is 0 Å². The Hall–Kier alpha value is -2.48. The van der Waals surface area contributed by atoms with Gasteiger partial charge in [0.25, 0.3) is 0 Å². The summed E-state index contributed by atoms with van der Waals surface area (Å²) in [5.41, 5.74) is 8.84. The molecule has 0 aliphatic carbocycles. The molecular formula is C18H17NO. The van der Waals surface area contributed by atoms with Gasteiger partial charge in [0.2, 0.25) is 0 Å². The lowest BCUT2D eigenvalue weighted by Crippen LogP contribution is -1.99. The Kier molecular flexibility index (Phi) is 3.30. The fourth-order valence-corrected chi connectivity index (χ4v) is 2.36.